The molecule has 3 rings (SSSR count). The van der Waals surface area contributed by atoms with Crippen LogP contribution in [0.3, 0.4) is 0 Å². The molecule has 0 radical (unpaired) electrons. The van der Waals surface area contributed by atoms with Crippen molar-refractivity contribution < 1.29 is 18.0 Å². The molecule has 2 atom stereocenters. The number of likely N-dealkylation sites (N-methyl/N-ethyl adjacent to an activating group) is 1. The molecule has 9 heteroatoms. The first-order valence-corrected chi connectivity index (χ1v) is 10.0. The first-order chi connectivity index (χ1) is 12.3. The molecule has 0 saturated carbocycles. The highest BCUT2D eigenvalue weighted by Crippen LogP contribution is 2.26. The van der Waals surface area contributed by atoms with Gasteiger partial charge in [0.05, 0.1) is 11.4 Å². The maximum atomic E-state index is 12.7. The molecule has 2 heterocycles. The lowest BCUT2D eigenvalue weighted by atomic mass is 10.0. The molecule has 2 saturated heterocycles. The molecule has 0 aromatic heterocycles. The maximum absolute atomic E-state index is 12.7. The molecule has 2 aliphatic rings. The van der Waals surface area contributed by atoms with Crippen LogP contribution in [0.25, 0.3) is 0 Å². The number of rotatable bonds is 5. The smallest absolute Gasteiger partial charge is 0.243 e. The fraction of sp³-hybridized carbons (Fsp3) is 0.529. The number of hydrogen-bond acceptors (Lipinski definition) is 5. The highest BCUT2D eigenvalue weighted by atomic mass is 32.2. The van der Waals surface area contributed by atoms with E-state index in [1.807, 2.05) is 0 Å². The van der Waals surface area contributed by atoms with E-state index in [1.54, 1.807) is 4.90 Å². The van der Waals surface area contributed by atoms with Crippen LogP contribution in [0.4, 0.5) is 5.69 Å². The highest BCUT2D eigenvalue weighted by Gasteiger charge is 2.38. The molecule has 0 spiro atoms. The van der Waals surface area contributed by atoms with Gasteiger partial charge in [0.25, 0.3) is 0 Å². The van der Waals surface area contributed by atoms with Gasteiger partial charge in [-0.05, 0) is 36.1 Å². The third kappa shape index (κ3) is 3.89. The van der Waals surface area contributed by atoms with Gasteiger partial charge in [-0.1, -0.05) is 0 Å². The van der Waals surface area contributed by atoms with E-state index in [0.29, 0.717) is 30.6 Å². The van der Waals surface area contributed by atoms with Gasteiger partial charge in [-0.25, -0.2) is 8.42 Å². The number of fused-ring (bicyclic) bond motifs is 1. The zero-order chi connectivity index (χ0) is 18.9. The lowest BCUT2D eigenvalue weighted by molar-refractivity contribution is -0.130. The van der Waals surface area contributed by atoms with Gasteiger partial charge in [-0.3, -0.25) is 9.59 Å². The van der Waals surface area contributed by atoms with Gasteiger partial charge in [0.2, 0.25) is 21.8 Å². The average molecular weight is 380 g/mol. The standard InChI is InChI=1S/C17H24N4O4S/c1-12(22)19-15-3-5-16(6-4-15)26(24,25)20(2)11-17(23)21-9-13-7-18-8-14(13)10-21/h3-6,13-14,18H,7-11H2,1-2H3,(H,19,22)/t13-,14+. The van der Waals surface area contributed by atoms with Crippen molar-refractivity contribution >= 4 is 27.5 Å². The van der Waals surface area contributed by atoms with Crippen LogP contribution < -0.4 is 10.6 Å². The van der Waals surface area contributed by atoms with Crippen LogP contribution >= 0.6 is 0 Å². The van der Waals surface area contributed by atoms with Gasteiger partial charge in [0.15, 0.2) is 0 Å². The summed E-state index contributed by atoms with van der Waals surface area (Å²) in [7, 11) is -2.36. The SMILES string of the molecule is CC(=O)Nc1ccc(S(=O)(=O)N(C)CC(=O)N2C[C@H]3CNC[C@H]3C2)cc1. The monoisotopic (exact) mass is 380 g/mol. The van der Waals surface area contributed by atoms with Crippen molar-refractivity contribution in [2.24, 2.45) is 11.8 Å². The molecule has 2 amide bonds. The predicted molar refractivity (Wildman–Crippen MR) is 97.0 cm³/mol. The van der Waals surface area contributed by atoms with Crippen LogP contribution in [0.2, 0.25) is 0 Å². The minimum absolute atomic E-state index is 0.0874. The summed E-state index contributed by atoms with van der Waals surface area (Å²) in [5.74, 6) is 0.554. The van der Waals surface area contributed by atoms with Gasteiger partial charge in [0, 0.05) is 45.8 Å². The number of anilines is 1. The Morgan fingerprint density at radius 3 is 2.31 bits per heavy atom. The minimum atomic E-state index is -3.77. The Bertz CT molecular complexity index is 781. The Balaban J connectivity index is 1.63. The van der Waals surface area contributed by atoms with Crippen molar-refractivity contribution in [2.45, 2.75) is 11.8 Å². The van der Waals surface area contributed by atoms with Crippen LogP contribution in [-0.2, 0) is 19.6 Å². The zero-order valence-corrected chi connectivity index (χ0v) is 15.8. The molecule has 2 N–H and O–H groups in total. The number of likely N-dealkylation sites (tertiary alicyclic amines) is 1. The van der Waals surface area contributed by atoms with E-state index in [4.69, 9.17) is 0 Å². The van der Waals surface area contributed by atoms with E-state index in [-0.39, 0.29) is 23.3 Å². The first-order valence-electron chi connectivity index (χ1n) is 8.60. The van der Waals surface area contributed by atoms with E-state index in [9.17, 15) is 18.0 Å². The number of carbonyl (C=O) groups excluding carboxylic acids is 2. The van der Waals surface area contributed by atoms with E-state index in [0.717, 1.165) is 17.4 Å². The van der Waals surface area contributed by atoms with Gasteiger partial charge < -0.3 is 15.5 Å². The third-order valence-electron chi connectivity index (χ3n) is 4.98. The van der Waals surface area contributed by atoms with Crippen LogP contribution in [0.1, 0.15) is 6.92 Å². The van der Waals surface area contributed by atoms with Crippen LogP contribution in [0.5, 0.6) is 0 Å². The summed E-state index contributed by atoms with van der Waals surface area (Å²) in [5.41, 5.74) is 0.521. The van der Waals surface area contributed by atoms with Crippen molar-refractivity contribution in [1.29, 1.82) is 0 Å². The molecule has 1 aromatic rings. The Hall–Kier alpha value is -1.97. The fourth-order valence-corrected chi connectivity index (χ4v) is 4.65. The summed E-state index contributed by atoms with van der Waals surface area (Å²) in [6.45, 7) is 4.42. The van der Waals surface area contributed by atoms with Gasteiger partial charge in [-0.2, -0.15) is 4.31 Å². The topological polar surface area (TPSA) is 98.8 Å². The molecule has 26 heavy (non-hydrogen) atoms. The van der Waals surface area contributed by atoms with Gasteiger partial charge in [0.1, 0.15) is 0 Å². The number of carbonyl (C=O) groups is 2. The molecule has 1 aromatic carbocycles. The second kappa shape index (κ2) is 7.34. The Labute approximate surface area is 153 Å². The van der Waals surface area contributed by atoms with E-state index >= 15 is 0 Å². The van der Waals surface area contributed by atoms with E-state index < -0.39 is 10.0 Å². The number of amides is 2. The zero-order valence-electron chi connectivity index (χ0n) is 14.9. The molecule has 0 bridgehead atoms. The Morgan fingerprint density at radius 2 is 1.77 bits per heavy atom. The van der Waals surface area contributed by atoms with Crippen molar-refractivity contribution in [1.82, 2.24) is 14.5 Å². The van der Waals surface area contributed by atoms with Gasteiger partial charge in [-0.15, -0.1) is 0 Å². The normalized spacial score (nSPS) is 22.5. The average Bonchev–Trinajstić information content (AvgIpc) is 3.16. The van der Waals surface area contributed by atoms with Crippen molar-refractivity contribution in [2.75, 3.05) is 45.1 Å². The molecule has 0 aliphatic carbocycles. The van der Waals surface area contributed by atoms with Crippen LogP contribution in [0.15, 0.2) is 29.2 Å². The summed E-state index contributed by atoms with van der Waals surface area (Å²) in [5, 5.41) is 5.90. The number of nitrogens with zero attached hydrogens (tertiary/aromatic N) is 2. The Morgan fingerprint density at radius 1 is 1.19 bits per heavy atom. The number of hydrogen-bond donors (Lipinski definition) is 2. The second-order valence-corrected chi connectivity index (χ2v) is 8.99. The van der Waals surface area contributed by atoms with E-state index in [1.165, 1.54) is 38.2 Å². The minimum Gasteiger partial charge on any atom is -0.341 e. The highest BCUT2D eigenvalue weighted by molar-refractivity contribution is 7.89. The first kappa shape index (κ1) is 18.8. The molecule has 0 unspecified atom stereocenters. The van der Waals surface area contributed by atoms with Crippen LogP contribution in [0, 0.1) is 11.8 Å². The predicted octanol–water partition coefficient (Wildman–Crippen LogP) is -0.0567. The summed E-state index contributed by atoms with van der Waals surface area (Å²) in [6.07, 6.45) is 0. The second-order valence-electron chi connectivity index (χ2n) is 6.94. The largest absolute Gasteiger partial charge is 0.341 e. The number of benzene rings is 1. The third-order valence-corrected chi connectivity index (χ3v) is 6.80. The number of sulfonamides is 1. The summed E-state index contributed by atoms with van der Waals surface area (Å²) < 4.78 is 26.4. The van der Waals surface area contributed by atoms with Crippen molar-refractivity contribution in [3.63, 3.8) is 0 Å². The van der Waals surface area contributed by atoms with Crippen molar-refractivity contribution in [3.05, 3.63) is 24.3 Å². The molecular formula is C17H24N4O4S. The summed E-state index contributed by atoms with van der Waals surface area (Å²) in [4.78, 5) is 25.4. The lowest BCUT2D eigenvalue weighted by Crippen LogP contribution is -2.41. The summed E-state index contributed by atoms with van der Waals surface area (Å²) in [6, 6.07) is 5.90. The van der Waals surface area contributed by atoms with Gasteiger partial charge >= 0.3 is 0 Å². The fourth-order valence-electron chi connectivity index (χ4n) is 3.53. The quantitative estimate of drug-likeness (QED) is 0.746. The molecule has 142 valence electrons. The molecule has 2 aliphatic heterocycles. The van der Waals surface area contributed by atoms with Crippen molar-refractivity contribution in [3.8, 4) is 0 Å². The Kier molecular flexibility index (Phi) is 5.31. The molecular weight excluding hydrogens is 356 g/mol. The molecule has 2 fully saturated rings. The molecule has 8 nitrogen and oxygen atoms in total. The summed E-state index contributed by atoms with van der Waals surface area (Å²) >= 11 is 0. The van der Waals surface area contributed by atoms with E-state index in [2.05, 4.69) is 10.6 Å². The lowest BCUT2D eigenvalue weighted by Gasteiger charge is -2.22. The van der Waals surface area contributed by atoms with Crippen LogP contribution in [-0.4, -0.2) is 69.2 Å². The maximum Gasteiger partial charge on any atom is 0.243 e. The number of nitrogens with one attached hydrogen (secondary N) is 2.